The van der Waals surface area contributed by atoms with Crippen molar-refractivity contribution in [2.75, 3.05) is 26.2 Å². The molecule has 2 saturated heterocycles. The van der Waals surface area contributed by atoms with E-state index in [1.54, 1.807) is 0 Å². The highest BCUT2D eigenvalue weighted by Gasteiger charge is 2.45. The maximum atomic E-state index is 12.6. The second-order valence-corrected chi connectivity index (χ2v) is 8.25. The van der Waals surface area contributed by atoms with Crippen LogP contribution in [0.2, 0.25) is 0 Å². The van der Waals surface area contributed by atoms with Crippen molar-refractivity contribution in [1.29, 1.82) is 0 Å². The zero-order valence-corrected chi connectivity index (χ0v) is 15.2. The molecule has 24 heavy (non-hydrogen) atoms. The smallest absolute Gasteiger partial charge is 0.410 e. The van der Waals surface area contributed by atoms with Crippen LogP contribution >= 0.6 is 0 Å². The van der Waals surface area contributed by atoms with Crippen LogP contribution in [-0.2, 0) is 4.74 Å². The molecule has 3 rings (SSSR count). The Balaban J connectivity index is 1.82. The van der Waals surface area contributed by atoms with Gasteiger partial charge in [0.15, 0.2) is 0 Å². The molecule has 0 aliphatic carbocycles. The summed E-state index contributed by atoms with van der Waals surface area (Å²) in [7, 11) is 0. The summed E-state index contributed by atoms with van der Waals surface area (Å²) in [6.07, 6.45) is 3.27. The molecule has 4 heteroatoms. The Kier molecular flexibility index (Phi) is 4.86. The van der Waals surface area contributed by atoms with Crippen LogP contribution in [0, 0.1) is 5.41 Å². The lowest BCUT2D eigenvalue weighted by atomic mass is 9.62. The van der Waals surface area contributed by atoms with Crippen molar-refractivity contribution in [3.63, 3.8) is 0 Å². The van der Waals surface area contributed by atoms with E-state index in [0.29, 0.717) is 11.3 Å². The number of carbonyl (C=O) groups is 1. The molecule has 1 amide bonds. The summed E-state index contributed by atoms with van der Waals surface area (Å²) in [4.78, 5) is 14.5. The van der Waals surface area contributed by atoms with E-state index in [1.165, 1.54) is 18.4 Å². The first-order valence-electron chi connectivity index (χ1n) is 9.13. The highest BCUT2D eigenvalue weighted by atomic mass is 16.6. The number of nitrogens with one attached hydrogen (secondary N) is 1. The van der Waals surface area contributed by atoms with E-state index in [4.69, 9.17) is 4.74 Å². The van der Waals surface area contributed by atoms with Gasteiger partial charge in [-0.3, -0.25) is 0 Å². The molecule has 2 fully saturated rings. The maximum Gasteiger partial charge on any atom is 0.410 e. The van der Waals surface area contributed by atoms with Crippen molar-refractivity contribution in [3.05, 3.63) is 35.9 Å². The Morgan fingerprint density at radius 1 is 1.17 bits per heavy atom. The topological polar surface area (TPSA) is 41.6 Å². The van der Waals surface area contributed by atoms with Gasteiger partial charge in [0.1, 0.15) is 5.60 Å². The van der Waals surface area contributed by atoms with Crippen molar-refractivity contribution in [2.45, 2.75) is 51.6 Å². The number of nitrogens with zero attached hydrogens (tertiary/aromatic N) is 1. The summed E-state index contributed by atoms with van der Waals surface area (Å²) in [5.74, 6) is 0.391. The largest absolute Gasteiger partial charge is 0.444 e. The molecule has 2 heterocycles. The molecule has 0 bridgehead atoms. The minimum atomic E-state index is -0.441. The third-order valence-electron chi connectivity index (χ3n) is 5.47. The highest BCUT2D eigenvalue weighted by molar-refractivity contribution is 5.68. The van der Waals surface area contributed by atoms with E-state index in [9.17, 15) is 4.79 Å². The zero-order chi connectivity index (χ0) is 17.2. The molecule has 1 aromatic rings. The Morgan fingerprint density at radius 2 is 1.83 bits per heavy atom. The predicted molar refractivity (Wildman–Crippen MR) is 96.1 cm³/mol. The molecule has 2 aliphatic heterocycles. The van der Waals surface area contributed by atoms with Gasteiger partial charge in [-0.2, -0.15) is 0 Å². The zero-order valence-electron chi connectivity index (χ0n) is 15.2. The molecular formula is C20H30N2O2. The fourth-order valence-corrected chi connectivity index (χ4v) is 4.20. The van der Waals surface area contributed by atoms with Crippen LogP contribution in [0.15, 0.2) is 30.3 Å². The van der Waals surface area contributed by atoms with Crippen LogP contribution in [0.5, 0.6) is 0 Å². The van der Waals surface area contributed by atoms with Gasteiger partial charge < -0.3 is 15.0 Å². The first kappa shape index (κ1) is 17.3. The molecule has 1 atom stereocenters. The van der Waals surface area contributed by atoms with Gasteiger partial charge in [-0.1, -0.05) is 30.3 Å². The van der Waals surface area contributed by atoms with Crippen molar-refractivity contribution in [2.24, 2.45) is 5.41 Å². The lowest BCUT2D eigenvalue weighted by Gasteiger charge is -2.50. The van der Waals surface area contributed by atoms with Gasteiger partial charge in [0.25, 0.3) is 0 Å². The van der Waals surface area contributed by atoms with Crippen LogP contribution in [0.1, 0.15) is 51.5 Å². The SMILES string of the molecule is CC(C)(C)OC(=O)N1CCC2(CCNCC2)C(c2ccccc2)C1. The number of amides is 1. The Morgan fingerprint density at radius 3 is 2.46 bits per heavy atom. The summed E-state index contributed by atoms with van der Waals surface area (Å²) >= 11 is 0. The second kappa shape index (κ2) is 6.75. The van der Waals surface area contributed by atoms with Crippen molar-refractivity contribution < 1.29 is 9.53 Å². The number of likely N-dealkylation sites (tertiary alicyclic amines) is 1. The number of rotatable bonds is 1. The standard InChI is InChI=1S/C20H30N2O2/c1-19(2,3)24-18(23)22-14-11-20(9-12-21-13-10-20)17(15-22)16-7-5-4-6-8-16/h4-8,17,21H,9-15H2,1-3H3. The summed E-state index contributed by atoms with van der Waals surface area (Å²) in [5, 5.41) is 3.49. The van der Waals surface area contributed by atoms with E-state index < -0.39 is 5.60 Å². The molecule has 1 unspecified atom stereocenters. The third-order valence-corrected chi connectivity index (χ3v) is 5.47. The van der Waals surface area contributed by atoms with E-state index in [-0.39, 0.29) is 6.09 Å². The first-order valence-corrected chi connectivity index (χ1v) is 9.13. The number of piperidine rings is 2. The van der Waals surface area contributed by atoms with E-state index in [0.717, 1.165) is 32.6 Å². The molecule has 132 valence electrons. The Hall–Kier alpha value is -1.55. The molecule has 0 saturated carbocycles. The third kappa shape index (κ3) is 3.75. The van der Waals surface area contributed by atoms with Crippen molar-refractivity contribution in [3.8, 4) is 0 Å². The molecule has 4 nitrogen and oxygen atoms in total. The van der Waals surface area contributed by atoms with Crippen LogP contribution in [0.3, 0.4) is 0 Å². The summed E-state index contributed by atoms with van der Waals surface area (Å²) in [6, 6.07) is 10.7. The monoisotopic (exact) mass is 330 g/mol. The second-order valence-electron chi connectivity index (χ2n) is 8.25. The van der Waals surface area contributed by atoms with Gasteiger partial charge in [-0.25, -0.2) is 4.79 Å². The average molecular weight is 330 g/mol. The van der Waals surface area contributed by atoms with Crippen molar-refractivity contribution in [1.82, 2.24) is 10.2 Å². The Labute approximate surface area is 145 Å². The van der Waals surface area contributed by atoms with Crippen molar-refractivity contribution >= 4 is 6.09 Å². The molecular weight excluding hydrogens is 300 g/mol. The molecule has 2 aliphatic rings. The summed E-state index contributed by atoms with van der Waals surface area (Å²) in [5.41, 5.74) is 1.22. The minimum absolute atomic E-state index is 0.174. The van der Waals surface area contributed by atoms with E-state index in [2.05, 4.69) is 35.6 Å². The maximum absolute atomic E-state index is 12.6. The molecule has 0 radical (unpaired) electrons. The van der Waals surface area contributed by atoms with Crippen LogP contribution < -0.4 is 5.32 Å². The van der Waals surface area contributed by atoms with Gasteiger partial charge in [-0.15, -0.1) is 0 Å². The van der Waals surface area contributed by atoms with Gasteiger partial charge in [0, 0.05) is 19.0 Å². The number of carbonyl (C=O) groups excluding carboxylic acids is 1. The van der Waals surface area contributed by atoms with Gasteiger partial charge >= 0.3 is 6.09 Å². The van der Waals surface area contributed by atoms with Crippen LogP contribution in [0.4, 0.5) is 4.79 Å². The lowest BCUT2D eigenvalue weighted by Crippen LogP contribution is -2.52. The van der Waals surface area contributed by atoms with Gasteiger partial charge in [0.2, 0.25) is 0 Å². The minimum Gasteiger partial charge on any atom is -0.444 e. The first-order chi connectivity index (χ1) is 11.4. The number of ether oxygens (including phenoxy) is 1. The fraction of sp³-hybridized carbons (Fsp3) is 0.650. The van der Waals surface area contributed by atoms with Crippen LogP contribution in [-0.4, -0.2) is 42.8 Å². The van der Waals surface area contributed by atoms with Gasteiger partial charge in [0.05, 0.1) is 0 Å². The summed E-state index contributed by atoms with van der Waals surface area (Å²) in [6.45, 7) is 9.51. The molecule has 1 aromatic carbocycles. The predicted octanol–water partition coefficient (Wildman–Crippen LogP) is 3.78. The fourth-order valence-electron chi connectivity index (χ4n) is 4.20. The van der Waals surface area contributed by atoms with Crippen LogP contribution in [0.25, 0.3) is 0 Å². The normalized spacial score (nSPS) is 24.0. The number of hydrogen-bond donors (Lipinski definition) is 1. The Bertz CT molecular complexity index is 559. The quantitative estimate of drug-likeness (QED) is 0.852. The molecule has 0 aromatic heterocycles. The molecule has 1 N–H and O–H groups in total. The van der Waals surface area contributed by atoms with E-state index >= 15 is 0 Å². The summed E-state index contributed by atoms with van der Waals surface area (Å²) < 4.78 is 5.61. The van der Waals surface area contributed by atoms with E-state index in [1.807, 2.05) is 25.7 Å². The number of benzene rings is 1. The average Bonchev–Trinajstić information content (AvgIpc) is 2.55. The lowest BCUT2D eigenvalue weighted by molar-refractivity contribution is -0.00238. The molecule has 1 spiro atoms. The highest BCUT2D eigenvalue weighted by Crippen LogP contribution is 2.49. The number of hydrogen-bond acceptors (Lipinski definition) is 3. The van der Waals surface area contributed by atoms with Gasteiger partial charge in [-0.05, 0) is 64.1 Å².